The number of rotatable bonds is 7. The number of hydrogen-bond donors (Lipinski definition) is 0. The van der Waals surface area contributed by atoms with E-state index in [-0.39, 0.29) is 19.5 Å². The van der Waals surface area contributed by atoms with Crippen molar-refractivity contribution >= 4 is 69.2 Å². The van der Waals surface area contributed by atoms with Crippen LogP contribution in [0.25, 0.3) is 32.7 Å². The van der Waals surface area contributed by atoms with Crippen LogP contribution in [0.1, 0.15) is 22.3 Å². The molecule has 23 heteroatoms. The minimum absolute atomic E-state index is 0. The van der Waals surface area contributed by atoms with Crippen molar-refractivity contribution in [2.45, 2.75) is 27.7 Å². The van der Waals surface area contributed by atoms with Crippen molar-refractivity contribution < 1.29 is 135 Å². The molecule has 0 spiro atoms. The van der Waals surface area contributed by atoms with E-state index in [4.69, 9.17) is 74.5 Å². The summed E-state index contributed by atoms with van der Waals surface area (Å²) in [5.41, 5.74) is 7.84. The van der Waals surface area contributed by atoms with Gasteiger partial charge in [-0.15, -0.1) is 41.0 Å². The molecule has 0 N–H and O–H groups in total. The van der Waals surface area contributed by atoms with Gasteiger partial charge in [-0.3, -0.25) is 0 Å². The Morgan fingerprint density at radius 3 is 0.676 bits per heavy atom. The molecule has 0 aliphatic carbocycles. The summed E-state index contributed by atoms with van der Waals surface area (Å²) < 4.78 is 136. The first-order chi connectivity index (χ1) is 32.4. The van der Waals surface area contributed by atoms with Gasteiger partial charge in [-0.1, -0.05) is 192 Å². The maximum Gasteiger partial charge on any atom is 4.00 e. The van der Waals surface area contributed by atoms with Crippen LogP contribution in [0, 0.1) is 68.7 Å². The van der Waals surface area contributed by atoms with Gasteiger partial charge in [-0.05, 0) is 108 Å². The molecule has 0 unspecified atom stereocenters. The molecule has 8 aromatic rings. The second-order valence-corrected chi connectivity index (χ2v) is 22.3. The number of fused-ring (bicyclic) bond motifs is 2. The Balaban J connectivity index is 0.000000540. The number of aryl methyl sites for hydroxylation is 4. The molecule has 0 amide bonds. The molecule has 0 bridgehead atoms. The third-order valence-corrected chi connectivity index (χ3v) is 14.7. The van der Waals surface area contributed by atoms with Gasteiger partial charge in [0.2, 0.25) is 0 Å². The normalized spacial score (nSPS) is 11.5. The zero-order chi connectivity index (χ0) is 52.2. The summed E-state index contributed by atoms with van der Waals surface area (Å²) in [5.74, 6) is 0. The molecule has 0 fully saturated rings. The van der Waals surface area contributed by atoms with Crippen LogP contribution in [-0.2, 0) is 19.5 Å². The third kappa shape index (κ3) is 21.7. The van der Waals surface area contributed by atoms with Crippen LogP contribution >= 0.6 is 15.8 Å². The van der Waals surface area contributed by atoms with Gasteiger partial charge in [0.1, 0.15) is 0 Å². The van der Waals surface area contributed by atoms with Crippen LogP contribution in [0.4, 0.5) is 0 Å². The molecular formula is C48H40Cl4O16P2Ru. The van der Waals surface area contributed by atoms with Gasteiger partial charge < -0.3 is 0 Å². The average Bonchev–Trinajstić information content (AvgIpc) is 3.24. The van der Waals surface area contributed by atoms with Gasteiger partial charge in [-0.25, -0.2) is 74.5 Å². The predicted molar refractivity (Wildman–Crippen MR) is 223 cm³/mol. The standard InChI is InChI=1S/C48H40P2.4ClHO4.Ru/c1-33-13-23-39(24-14-33)49(40-25-15-34(2)16-26-40)45-31-21-37-9-5-7-11-43(37)47(45)48-44-12-8-6-10-38(44)22-32-46(48)50(41-27-17-35(3)18-28-41)42-29-19-36(4)20-30-42;4*2-1(3,4)5;/h5-32H,1-4H3;4*(H,2,3,4,5);/q;;;;;+4/p-4. The van der Waals surface area contributed by atoms with Gasteiger partial charge in [0.25, 0.3) is 0 Å². The number of halogens is 4. The molecule has 0 aromatic heterocycles. The molecule has 0 radical (unpaired) electrons. The maximum atomic E-state index is 8.49. The van der Waals surface area contributed by atoms with E-state index in [0.29, 0.717) is 0 Å². The van der Waals surface area contributed by atoms with E-state index >= 15 is 0 Å². The van der Waals surface area contributed by atoms with Crippen molar-refractivity contribution in [2.24, 2.45) is 0 Å². The minimum atomic E-state index is -4.94. The first kappa shape index (κ1) is 61.6. The molecule has 8 rings (SSSR count). The van der Waals surface area contributed by atoms with Crippen molar-refractivity contribution in [3.8, 4) is 11.1 Å². The summed E-state index contributed by atoms with van der Waals surface area (Å²) in [6.07, 6.45) is 0. The van der Waals surface area contributed by atoms with Crippen LogP contribution < -0.4 is 106 Å². The monoisotopic (exact) mass is 1180 g/mol. The van der Waals surface area contributed by atoms with E-state index in [2.05, 4.69) is 198 Å². The Labute approximate surface area is 432 Å². The number of benzene rings is 8. The summed E-state index contributed by atoms with van der Waals surface area (Å²) in [6.45, 7) is 8.72. The first-order valence-electron chi connectivity index (χ1n) is 19.8. The second-order valence-electron chi connectivity index (χ2n) is 14.9. The Morgan fingerprint density at radius 1 is 0.268 bits per heavy atom. The van der Waals surface area contributed by atoms with Crippen LogP contribution in [0.2, 0.25) is 0 Å². The molecule has 0 atom stereocenters. The fourth-order valence-corrected chi connectivity index (χ4v) is 11.9. The van der Waals surface area contributed by atoms with Crippen LogP contribution in [0.5, 0.6) is 0 Å². The topological polar surface area (TPSA) is 369 Å². The van der Waals surface area contributed by atoms with Crippen LogP contribution in [0.15, 0.2) is 170 Å². The predicted octanol–water partition coefficient (Wildman–Crippen LogP) is -8.62. The molecule has 0 saturated heterocycles. The largest absolute Gasteiger partial charge is 4.00 e. The summed E-state index contributed by atoms with van der Waals surface area (Å²) in [6, 6.07) is 64.6. The first-order valence-corrected chi connectivity index (χ1v) is 27.4. The summed E-state index contributed by atoms with van der Waals surface area (Å²) in [7, 11) is -21.5. The van der Waals surface area contributed by atoms with E-state index in [1.807, 2.05) is 0 Å². The zero-order valence-corrected chi connectivity index (χ0v) is 44.0. The molecule has 0 saturated carbocycles. The summed E-state index contributed by atoms with van der Waals surface area (Å²) >= 11 is 0. The quantitative estimate of drug-likeness (QED) is 0.106. The SMILES string of the molecule is Cc1ccc(P(c2ccc(C)cc2)c2ccc3ccccc3c2-c2c(P(c3ccc(C)cc3)c3ccc(C)cc3)ccc3ccccc23)cc1.[O-][Cl+3]([O-])([O-])[O-].[O-][Cl+3]([O-])([O-])[O-].[O-][Cl+3]([O-])([O-])[O-].[O-][Cl+3]([O-])([O-])[O-].[Ru+4]. The fourth-order valence-electron chi connectivity index (χ4n) is 7.05. The maximum absolute atomic E-state index is 8.49. The van der Waals surface area contributed by atoms with Crippen molar-refractivity contribution in [3.63, 3.8) is 0 Å². The molecular weight excluding hydrogens is 1140 g/mol. The molecule has 0 aliphatic rings. The van der Waals surface area contributed by atoms with Gasteiger partial charge in [0.15, 0.2) is 0 Å². The Morgan fingerprint density at radius 2 is 0.465 bits per heavy atom. The van der Waals surface area contributed by atoms with Crippen molar-refractivity contribution in [3.05, 3.63) is 192 Å². The molecule has 0 aliphatic heterocycles. The number of hydrogen-bond acceptors (Lipinski definition) is 16. The minimum Gasteiger partial charge on any atom is -0.222 e. The third-order valence-electron chi connectivity index (χ3n) is 9.71. The smallest absolute Gasteiger partial charge is 0.222 e. The van der Waals surface area contributed by atoms with Gasteiger partial charge in [0.05, 0.1) is 0 Å². The Hall–Kier alpha value is -3.72. The van der Waals surface area contributed by atoms with E-state index in [9.17, 15) is 0 Å². The average molecular weight is 1180 g/mol. The molecule has 8 aromatic carbocycles. The molecule has 16 nitrogen and oxygen atoms in total. The van der Waals surface area contributed by atoms with Gasteiger partial charge >= 0.3 is 19.5 Å². The van der Waals surface area contributed by atoms with Crippen LogP contribution in [0.3, 0.4) is 0 Å². The van der Waals surface area contributed by atoms with Gasteiger partial charge in [-0.2, -0.15) is 0 Å². The van der Waals surface area contributed by atoms with Crippen molar-refractivity contribution in [1.82, 2.24) is 0 Å². The summed E-state index contributed by atoms with van der Waals surface area (Å²) in [4.78, 5) is 0. The fraction of sp³-hybridized carbons (Fsp3) is 0.0833. The van der Waals surface area contributed by atoms with Crippen molar-refractivity contribution in [1.29, 1.82) is 0 Å². The van der Waals surface area contributed by atoms with E-state index in [1.165, 1.54) is 86.8 Å². The molecule has 0 heterocycles. The van der Waals surface area contributed by atoms with E-state index in [1.54, 1.807) is 0 Å². The molecule has 71 heavy (non-hydrogen) atoms. The summed E-state index contributed by atoms with van der Waals surface area (Å²) in [5, 5.41) is 13.4. The van der Waals surface area contributed by atoms with E-state index < -0.39 is 56.8 Å². The van der Waals surface area contributed by atoms with Crippen LogP contribution in [-0.4, -0.2) is 0 Å². The van der Waals surface area contributed by atoms with Crippen molar-refractivity contribution in [2.75, 3.05) is 0 Å². The zero-order valence-electron chi connectivity index (χ0n) is 37.5. The Kier molecular flexibility index (Phi) is 23.4. The second kappa shape index (κ2) is 27.0. The molecule has 374 valence electrons. The van der Waals surface area contributed by atoms with E-state index in [0.717, 1.165) is 0 Å². The Bertz CT molecular complexity index is 2580. The van der Waals surface area contributed by atoms with Gasteiger partial charge in [0, 0.05) is 0 Å².